The molecule has 0 aliphatic carbocycles. The molecule has 0 atom stereocenters. The van der Waals surface area contributed by atoms with E-state index in [1.165, 1.54) is 12.2 Å². The number of rotatable bonds is 4. The van der Waals surface area contributed by atoms with Gasteiger partial charge < -0.3 is 0 Å². The number of hydrogen-bond donors (Lipinski definition) is 0. The summed E-state index contributed by atoms with van der Waals surface area (Å²) in [5.41, 5.74) is 2.35. The minimum absolute atomic E-state index is 0.329. The van der Waals surface area contributed by atoms with Crippen molar-refractivity contribution in [1.29, 1.82) is 0 Å². The van der Waals surface area contributed by atoms with E-state index in [-0.39, 0.29) is 0 Å². The SMILES string of the molecule is Cc1c(N=C=O)cccc1N1C(=O)N(c2cccc(N=C=O)c2C)C1=O. The van der Waals surface area contributed by atoms with Crippen LogP contribution in [0.3, 0.4) is 0 Å². The lowest BCUT2D eigenvalue weighted by Gasteiger charge is -2.40. The van der Waals surface area contributed by atoms with E-state index >= 15 is 0 Å². The molecule has 0 bridgehead atoms. The minimum Gasteiger partial charge on any atom is -0.246 e. The van der Waals surface area contributed by atoms with Crippen molar-refractivity contribution in [1.82, 2.24) is 0 Å². The van der Waals surface area contributed by atoms with E-state index < -0.39 is 12.1 Å². The van der Waals surface area contributed by atoms with Gasteiger partial charge in [0.2, 0.25) is 12.2 Å². The van der Waals surface area contributed by atoms with Crippen LogP contribution in [0.25, 0.3) is 0 Å². The molecule has 1 heterocycles. The Kier molecular flexibility index (Phi) is 4.29. The van der Waals surface area contributed by atoms with Crippen molar-refractivity contribution in [2.45, 2.75) is 13.8 Å². The van der Waals surface area contributed by atoms with Crippen LogP contribution in [-0.4, -0.2) is 24.2 Å². The van der Waals surface area contributed by atoms with Gasteiger partial charge in [-0.2, -0.15) is 9.98 Å². The molecule has 3 rings (SSSR count). The summed E-state index contributed by atoms with van der Waals surface area (Å²) < 4.78 is 0. The molecule has 1 saturated heterocycles. The summed E-state index contributed by atoms with van der Waals surface area (Å²) >= 11 is 0. The van der Waals surface area contributed by atoms with Crippen LogP contribution in [0, 0.1) is 13.8 Å². The Hall–Kier alpha value is -3.86. The van der Waals surface area contributed by atoms with Gasteiger partial charge in [0.1, 0.15) is 0 Å². The zero-order valence-corrected chi connectivity index (χ0v) is 13.9. The van der Waals surface area contributed by atoms with Gasteiger partial charge in [-0.1, -0.05) is 12.1 Å². The number of amides is 4. The second-order valence-electron chi connectivity index (χ2n) is 5.48. The van der Waals surface area contributed by atoms with E-state index in [1.54, 1.807) is 50.2 Å². The molecule has 1 fully saturated rings. The van der Waals surface area contributed by atoms with Crippen molar-refractivity contribution in [2.75, 3.05) is 9.80 Å². The van der Waals surface area contributed by atoms with E-state index in [0.717, 1.165) is 9.80 Å². The number of imide groups is 2. The van der Waals surface area contributed by atoms with Gasteiger partial charge in [-0.3, -0.25) is 0 Å². The molecule has 26 heavy (non-hydrogen) atoms. The smallest absolute Gasteiger partial charge is 0.246 e. The quantitative estimate of drug-likeness (QED) is 0.619. The first-order chi connectivity index (χ1) is 12.5. The first-order valence-electron chi connectivity index (χ1n) is 7.54. The molecule has 0 unspecified atom stereocenters. The number of carbonyl (C=O) groups is 2. The average molecular weight is 348 g/mol. The Morgan fingerprint density at radius 1 is 0.731 bits per heavy atom. The van der Waals surface area contributed by atoms with Gasteiger partial charge in [-0.15, -0.1) is 0 Å². The van der Waals surface area contributed by atoms with Gasteiger partial charge in [0, 0.05) is 0 Å². The molecule has 8 heteroatoms. The fourth-order valence-electron chi connectivity index (χ4n) is 2.78. The minimum atomic E-state index is -0.555. The summed E-state index contributed by atoms with van der Waals surface area (Å²) in [6.45, 7) is 3.30. The van der Waals surface area contributed by atoms with E-state index in [0.29, 0.717) is 33.9 Å². The fourth-order valence-corrected chi connectivity index (χ4v) is 2.78. The molecule has 1 aliphatic rings. The highest BCUT2D eigenvalue weighted by molar-refractivity contribution is 6.41. The van der Waals surface area contributed by atoms with Crippen LogP contribution in [0.4, 0.5) is 32.3 Å². The maximum atomic E-state index is 12.6. The molecular formula is C18H12N4O4. The van der Waals surface area contributed by atoms with Gasteiger partial charge in [-0.25, -0.2) is 29.0 Å². The maximum absolute atomic E-state index is 12.6. The predicted octanol–water partition coefficient (Wildman–Crippen LogP) is 3.80. The van der Waals surface area contributed by atoms with Crippen LogP contribution in [0.5, 0.6) is 0 Å². The normalized spacial score (nSPS) is 13.0. The van der Waals surface area contributed by atoms with Crippen molar-refractivity contribution in [3.05, 3.63) is 47.5 Å². The lowest BCUT2D eigenvalue weighted by molar-refractivity contribution is 0.226. The number of urea groups is 2. The zero-order valence-electron chi connectivity index (χ0n) is 13.9. The van der Waals surface area contributed by atoms with Crippen LogP contribution < -0.4 is 9.80 Å². The van der Waals surface area contributed by atoms with E-state index in [2.05, 4.69) is 9.98 Å². The summed E-state index contributed by atoms with van der Waals surface area (Å²) in [5.74, 6) is 0. The molecule has 2 aromatic rings. The number of nitrogens with zero attached hydrogens (tertiary/aromatic N) is 4. The Morgan fingerprint density at radius 3 is 1.46 bits per heavy atom. The average Bonchev–Trinajstić information content (AvgIpc) is 2.62. The van der Waals surface area contributed by atoms with Crippen LogP contribution in [-0.2, 0) is 9.59 Å². The number of hydrogen-bond acceptors (Lipinski definition) is 6. The molecule has 4 amide bonds. The Balaban J connectivity index is 2.00. The largest absolute Gasteiger partial charge is 0.345 e. The van der Waals surface area contributed by atoms with Gasteiger partial charge in [0.05, 0.1) is 22.7 Å². The van der Waals surface area contributed by atoms with Gasteiger partial charge in [0.15, 0.2) is 0 Å². The third-order valence-corrected chi connectivity index (χ3v) is 4.13. The van der Waals surface area contributed by atoms with Crippen molar-refractivity contribution in [3.63, 3.8) is 0 Å². The topological polar surface area (TPSA) is 99.5 Å². The van der Waals surface area contributed by atoms with Crippen LogP contribution >= 0.6 is 0 Å². The molecule has 0 N–H and O–H groups in total. The third-order valence-electron chi connectivity index (χ3n) is 4.13. The van der Waals surface area contributed by atoms with Crippen LogP contribution in [0.15, 0.2) is 46.4 Å². The molecule has 0 saturated carbocycles. The summed E-state index contributed by atoms with van der Waals surface area (Å²) in [6, 6.07) is 8.42. The highest BCUT2D eigenvalue weighted by Crippen LogP contribution is 2.38. The van der Waals surface area contributed by atoms with E-state index in [9.17, 15) is 19.2 Å². The van der Waals surface area contributed by atoms with Gasteiger partial charge >= 0.3 is 12.1 Å². The molecule has 0 radical (unpaired) electrons. The van der Waals surface area contributed by atoms with Gasteiger partial charge in [-0.05, 0) is 49.2 Å². The molecule has 2 aromatic carbocycles. The number of aliphatic imine (C=N–C) groups is 2. The van der Waals surface area contributed by atoms with E-state index in [4.69, 9.17) is 0 Å². The molecule has 1 aliphatic heterocycles. The molecule has 0 aromatic heterocycles. The number of benzene rings is 2. The standard InChI is InChI=1S/C18H12N4O4/c1-11-13(19-9-23)5-3-7-15(11)21-17(25)22(18(21)26)16-8-4-6-14(12(16)2)20-10-24/h3-8H,1-2H3. The molecular weight excluding hydrogens is 336 g/mol. The highest BCUT2D eigenvalue weighted by Gasteiger charge is 2.47. The van der Waals surface area contributed by atoms with Crippen LogP contribution in [0.1, 0.15) is 11.1 Å². The Labute approximate surface area is 148 Å². The van der Waals surface area contributed by atoms with Crippen molar-refractivity contribution >= 4 is 47.0 Å². The summed E-state index contributed by atoms with van der Waals surface area (Å²) in [6.07, 6.45) is 2.89. The lowest BCUT2D eigenvalue weighted by atomic mass is 10.1. The third kappa shape index (κ3) is 2.52. The number of carbonyl (C=O) groups excluding carboxylic acids is 4. The molecule has 128 valence electrons. The number of isocyanates is 2. The lowest BCUT2D eigenvalue weighted by Crippen LogP contribution is -2.65. The predicted molar refractivity (Wildman–Crippen MR) is 93.7 cm³/mol. The molecule has 0 spiro atoms. The van der Waals surface area contributed by atoms with Crippen molar-refractivity contribution in [3.8, 4) is 0 Å². The Morgan fingerprint density at radius 2 is 1.12 bits per heavy atom. The van der Waals surface area contributed by atoms with Crippen molar-refractivity contribution in [2.24, 2.45) is 9.98 Å². The number of anilines is 2. The maximum Gasteiger partial charge on any atom is 0.345 e. The first kappa shape index (κ1) is 17.0. The zero-order chi connectivity index (χ0) is 18.8. The Bertz CT molecular complexity index is 938. The molecule has 8 nitrogen and oxygen atoms in total. The summed E-state index contributed by atoms with van der Waals surface area (Å²) in [4.78, 5) is 55.4. The van der Waals surface area contributed by atoms with E-state index in [1.807, 2.05) is 0 Å². The van der Waals surface area contributed by atoms with Crippen molar-refractivity contribution < 1.29 is 19.2 Å². The monoisotopic (exact) mass is 348 g/mol. The first-order valence-corrected chi connectivity index (χ1v) is 7.54. The van der Waals surface area contributed by atoms with Gasteiger partial charge in [0.25, 0.3) is 0 Å². The fraction of sp³-hybridized carbons (Fsp3) is 0.111. The van der Waals surface area contributed by atoms with Crippen LogP contribution in [0.2, 0.25) is 0 Å². The second-order valence-corrected chi connectivity index (χ2v) is 5.48. The summed E-state index contributed by atoms with van der Waals surface area (Å²) in [7, 11) is 0. The highest BCUT2D eigenvalue weighted by atomic mass is 16.2. The second kappa shape index (κ2) is 6.57. The summed E-state index contributed by atoms with van der Waals surface area (Å²) in [5, 5.41) is 0.